The van der Waals surface area contributed by atoms with Gasteiger partial charge < -0.3 is 18.9 Å². The van der Waals surface area contributed by atoms with E-state index in [-0.39, 0.29) is 24.1 Å². The maximum absolute atomic E-state index is 11.6. The molecule has 166 valence electrons. The van der Waals surface area contributed by atoms with E-state index in [1.165, 1.54) is 6.08 Å². The van der Waals surface area contributed by atoms with Gasteiger partial charge in [0, 0.05) is 24.0 Å². The summed E-state index contributed by atoms with van der Waals surface area (Å²) < 4.78 is 23.4. The molecule has 2 aromatic rings. The molecule has 0 N–H and O–H groups in total. The van der Waals surface area contributed by atoms with Gasteiger partial charge in [-0.05, 0) is 18.9 Å². The Kier molecular flexibility index (Phi) is 9.28. The Morgan fingerprint density at radius 3 is 2.52 bits per heavy atom. The van der Waals surface area contributed by atoms with E-state index >= 15 is 0 Å². The fraction of sp³-hybridized carbons (Fsp3) is 0.423. The Bertz CT molecular complexity index is 805. The second kappa shape index (κ2) is 12.4. The molecule has 3 rings (SSSR count). The van der Waals surface area contributed by atoms with Crippen LogP contribution in [0.2, 0.25) is 0 Å². The molecule has 1 heterocycles. The molecule has 4 atom stereocenters. The van der Waals surface area contributed by atoms with Crippen molar-refractivity contribution < 1.29 is 23.7 Å². The minimum Gasteiger partial charge on any atom is -0.463 e. The fourth-order valence-corrected chi connectivity index (χ4v) is 3.57. The number of hydrogen-bond donors (Lipinski definition) is 0. The molecule has 0 aromatic heterocycles. The van der Waals surface area contributed by atoms with E-state index in [2.05, 4.69) is 19.1 Å². The highest BCUT2D eigenvalue weighted by molar-refractivity contribution is 5.81. The van der Waals surface area contributed by atoms with Crippen molar-refractivity contribution in [1.82, 2.24) is 0 Å². The second-order valence-corrected chi connectivity index (χ2v) is 7.78. The quantitative estimate of drug-likeness (QED) is 0.387. The van der Waals surface area contributed by atoms with Gasteiger partial charge in [-0.3, -0.25) is 0 Å². The minimum atomic E-state index is -0.433. The van der Waals surface area contributed by atoms with E-state index in [1.807, 2.05) is 54.6 Å². The zero-order valence-corrected chi connectivity index (χ0v) is 18.3. The lowest BCUT2D eigenvalue weighted by Gasteiger charge is -2.38. The fourth-order valence-electron chi connectivity index (χ4n) is 3.57. The van der Waals surface area contributed by atoms with Crippen molar-refractivity contribution in [3.05, 3.63) is 83.9 Å². The van der Waals surface area contributed by atoms with Crippen molar-refractivity contribution in [2.45, 2.75) is 51.8 Å². The van der Waals surface area contributed by atoms with Crippen LogP contribution in [0.25, 0.3) is 0 Å². The Hall–Kier alpha value is -2.47. The Morgan fingerprint density at radius 2 is 1.81 bits per heavy atom. The highest BCUT2D eigenvalue weighted by atomic mass is 16.7. The molecular formula is C26H32O5. The first-order valence-electron chi connectivity index (χ1n) is 11.0. The van der Waals surface area contributed by atoms with Crippen LogP contribution < -0.4 is 0 Å². The van der Waals surface area contributed by atoms with E-state index in [0.717, 1.165) is 17.5 Å². The molecule has 2 aromatic carbocycles. The average Bonchev–Trinajstić information content (AvgIpc) is 2.80. The number of rotatable bonds is 10. The second-order valence-electron chi connectivity index (χ2n) is 7.78. The van der Waals surface area contributed by atoms with Gasteiger partial charge >= 0.3 is 5.97 Å². The van der Waals surface area contributed by atoms with Crippen LogP contribution in [0.3, 0.4) is 0 Å². The van der Waals surface area contributed by atoms with Crippen LogP contribution in [0.15, 0.2) is 72.8 Å². The largest absolute Gasteiger partial charge is 0.463 e. The number of benzene rings is 2. The zero-order valence-electron chi connectivity index (χ0n) is 18.3. The lowest BCUT2D eigenvalue weighted by Crippen LogP contribution is -2.38. The standard InChI is InChI=1S/C26H32O5/c1-3-29-25(27)16-10-15-23-17-24(31-26(30-23)22-13-8-5-9-14-22)20(2)18-28-19-21-11-6-4-7-12-21/h4-14,16,20,23-24,26H,3,15,17-19H2,1-2H3/b16-10-/t20-,23-,24-,26?/m0/s1. The molecule has 1 aliphatic heterocycles. The van der Waals surface area contributed by atoms with Gasteiger partial charge in [-0.2, -0.15) is 0 Å². The van der Waals surface area contributed by atoms with Crippen LogP contribution in [0, 0.1) is 5.92 Å². The summed E-state index contributed by atoms with van der Waals surface area (Å²) in [4.78, 5) is 11.6. The zero-order chi connectivity index (χ0) is 21.9. The summed E-state index contributed by atoms with van der Waals surface area (Å²) in [6.45, 7) is 5.50. The van der Waals surface area contributed by atoms with Crippen molar-refractivity contribution in [2.24, 2.45) is 5.92 Å². The molecule has 31 heavy (non-hydrogen) atoms. The van der Waals surface area contributed by atoms with Crippen LogP contribution in [0.5, 0.6) is 0 Å². The van der Waals surface area contributed by atoms with Crippen LogP contribution in [0.4, 0.5) is 0 Å². The molecule has 0 spiro atoms. The first-order chi connectivity index (χ1) is 15.2. The summed E-state index contributed by atoms with van der Waals surface area (Å²) in [5.41, 5.74) is 2.15. The molecule has 1 fully saturated rings. The molecule has 1 aliphatic rings. The predicted octanol–water partition coefficient (Wildman–Crippen LogP) is 5.22. The molecule has 1 saturated heterocycles. The van der Waals surface area contributed by atoms with E-state index in [9.17, 15) is 4.79 Å². The lowest BCUT2D eigenvalue weighted by molar-refractivity contribution is -0.259. The van der Waals surface area contributed by atoms with Crippen molar-refractivity contribution in [3.8, 4) is 0 Å². The van der Waals surface area contributed by atoms with E-state index in [1.54, 1.807) is 6.92 Å². The van der Waals surface area contributed by atoms with E-state index in [0.29, 0.717) is 26.2 Å². The summed E-state index contributed by atoms with van der Waals surface area (Å²) in [6.07, 6.45) is 4.18. The van der Waals surface area contributed by atoms with Gasteiger partial charge in [-0.25, -0.2) is 4.79 Å². The predicted molar refractivity (Wildman–Crippen MR) is 119 cm³/mol. The topological polar surface area (TPSA) is 54.0 Å². The van der Waals surface area contributed by atoms with Crippen LogP contribution in [0.1, 0.15) is 44.1 Å². The number of hydrogen-bond acceptors (Lipinski definition) is 5. The molecule has 0 amide bonds. The van der Waals surface area contributed by atoms with E-state index < -0.39 is 6.29 Å². The highest BCUT2D eigenvalue weighted by Crippen LogP contribution is 2.34. The van der Waals surface area contributed by atoms with Crippen LogP contribution in [-0.4, -0.2) is 31.4 Å². The minimum absolute atomic E-state index is 0.00396. The Labute approximate surface area is 185 Å². The van der Waals surface area contributed by atoms with Gasteiger partial charge in [0.15, 0.2) is 6.29 Å². The molecule has 5 heteroatoms. The molecule has 0 aliphatic carbocycles. The third-order valence-corrected chi connectivity index (χ3v) is 5.25. The van der Waals surface area contributed by atoms with E-state index in [4.69, 9.17) is 18.9 Å². The van der Waals surface area contributed by atoms with Crippen molar-refractivity contribution >= 4 is 5.97 Å². The summed E-state index contributed by atoms with van der Waals surface area (Å²) in [6, 6.07) is 20.1. The van der Waals surface area contributed by atoms with Gasteiger partial charge in [-0.15, -0.1) is 0 Å². The highest BCUT2D eigenvalue weighted by Gasteiger charge is 2.33. The maximum Gasteiger partial charge on any atom is 0.330 e. The third kappa shape index (κ3) is 7.62. The molecule has 0 bridgehead atoms. The Morgan fingerprint density at radius 1 is 1.10 bits per heavy atom. The smallest absolute Gasteiger partial charge is 0.330 e. The number of carbonyl (C=O) groups excluding carboxylic acids is 1. The van der Waals surface area contributed by atoms with Crippen molar-refractivity contribution in [2.75, 3.05) is 13.2 Å². The average molecular weight is 425 g/mol. The summed E-state index contributed by atoms with van der Waals surface area (Å²) in [5, 5.41) is 0. The van der Waals surface area contributed by atoms with Crippen LogP contribution in [-0.2, 0) is 30.3 Å². The number of ether oxygens (including phenoxy) is 4. The summed E-state index contributed by atoms with van der Waals surface area (Å²) >= 11 is 0. The third-order valence-electron chi connectivity index (χ3n) is 5.25. The monoisotopic (exact) mass is 424 g/mol. The van der Waals surface area contributed by atoms with Gasteiger partial charge in [0.1, 0.15) is 0 Å². The van der Waals surface area contributed by atoms with Gasteiger partial charge in [0.25, 0.3) is 0 Å². The first kappa shape index (κ1) is 23.2. The SMILES string of the molecule is CCOC(=O)/C=C\C[C@H]1C[C@@H]([C@@H](C)COCc2ccccc2)OC(c2ccccc2)O1. The number of carbonyl (C=O) groups is 1. The van der Waals surface area contributed by atoms with Crippen molar-refractivity contribution in [1.29, 1.82) is 0 Å². The number of esters is 1. The Balaban J connectivity index is 1.59. The van der Waals surface area contributed by atoms with Crippen molar-refractivity contribution in [3.63, 3.8) is 0 Å². The molecule has 5 nitrogen and oxygen atoms in total. The normalized spacial score (nSPS) is 22.3. The summed E-state index contributed by atoms with van der Waals surface area (Å²) in [5.74, 6) is -0.122. The van der Waals surface area contributed by atoms with Gasteiger partial charge in [0.2, 0.25) is 0 Å². The van der Waals surface area contributed by atoms with Crippen LogP contribution >= 0.6 is 0 Å². The first-order valence-corrected chi connectivity index (χ1v) is 11.0. The molecule has 1 unspecified atom stereocenters. The summed E-state index contributed by atoms with van der Waals surface area (Å²) in [7, 11) is 0. The maximum atomic E-state index is 11.6. The lowest BCUT2D eigenvalue weighted by atomic mass is 9.96. The van der Waals surface area contributed by atoms with Gasteiger partial charge in [-0.1, -0.05) is 73.7 Å². The molecule has 0 radical (unpaired) electrons. The molecule has 0 saturated carbocycles. The molecular weight excluding hydrogens is 392 g/mol. The van der Waals surface area contributed by atoms with Gasteiger partial charge in [0.05, 0.1) is 32.0 Å².